The first-order valence-electron chi connectivity index (χ1n) is 5.75. The maximum Gasteiger partial charge on any atom is 0.0963 e. The standard InChI is InChI=1S/C14H15ClN2S/c1-16-8-11-6-7-14(17-9-11)18-10-12-4-2-3-5-13(12)15/h2-7,9,16H,8,10H2,1H3. The van der Waals surface area contributed by atoms with Crippen molar-refractivity contribution in [1.29, 1.82) is 0 Å². The first-order valence-corrected chi connectivity index (χ1v) is 7.11. The van der Waals surface area contributed by atoms with Crippen molar-refractivity contribution in [2.24, 2.45) is 0 Å². The first kappa shape index (κ1) is 13.4. The monoisotopic (exact) mass is 278 g/mol. The Balaban J connectivity index is 1.96. The lowest BCUT2D eigenvalue weighted by molar-refractivity contribution is 0.809. The number of hydrogen-bond acceptors (Lipinski definition) is 3. The van der Waals surface area contributed by atoms with E-state index in [-0.39, 0.29) is 0 Å². The van der Waals surface area contributed by atoms with Crippen LogP contribution in [0.5, 0.6) is 0 Å². The lowest BCUT2D eigenvalue weighted by atomic mass is 10.2. The predicted octanol–water partition coefficient (Wildman–Crippen LogP) is 3.75. The highest BCUT2D eigenvalue weighted by Crippen LogP contribution is 2.25. The van der Waals surface area contributed by atoms with Crippen LogP contribution in [0.15, 0.2) is 47.6 Å². The van der Waals surface area contributed by atoms with Crippen LogP contribution < -0.4 is 5.32 Å². The van der Waals surface area contributed by atoms with E-state index >= 15 is 0 Å². The van der Waals surface area contributed by atoms with Gasteiger partial charge in [-0.25, -0.2) is 4.98 Å². The molecule has 0 aliphatic heterocycles. The number of benzene rings is 1. The van der Waals surface area contributed by atoms with E-state index in [1.54, 1.807) is 11.8 Å². The lowest BCUT2D eigenvalue weighted by Gasteiger charge is -2.04. The third-order valence-electron chi connectivity index (χ3n) is 2.51. The van der Waals surface area contributed by atoms with Gasteiger partial charge in [-0.3, -0.25) is 0 Å². The van der Waals surface area contributed by atoms with Gasteiger partial charge >= 0.3 is 0 Å². The molecule has 0 bridgehead atoms. The van der Waals surface area contributed by atoms with Crippen LogP contribution in [0.2, 0.25) is 5.02 Å². The zero-order valence-corrected chi connectivity index (χ0v) is 11.8. The average molecular weight is 279 g/mol. The van der Waals surface area contributed by atoms with Gasteiger partial charge < -0.3 is 5.32 Å². The van der Waals surface area contributed by atoms with Gasteiger partial charge in [-0.2, -0.15) is 0 Å². The molecule has 0 fully saturated rings. The quantitative estimate of drug-likeness (QED) is 0.843. The Bertz CT molecular complexity index is 499. The molecule has 0 saturated heterocycles. The van der Waals surface area contributed by atoms with Gasteiger partial charge in [0, 0.05) is 23.5 Å². The lowest BCUT2D eigenvalue weighted by Crippen LogP contribution is -2.05. The van der Waals surface area contributed by atoms with Crippen molar-refractivity contribution in [2.75, 3.05) is 7.05 Å². The van der Waals surface area contributed by atoms with E-state index in [1.165, 1.54) is 5.56 Å². The highest BCUT2D eigenvalue weighted by Gasteiger charge is 2.01. The van der Waals surface area contributed by atoms with Crippen molar-refractivity contribution in [3.63, 3.8) is 0 Å². The van der Waals surface area contributed by atoms with Crippen LogP contribution in [0.3, 0.4) is 0 Å². The molecule has 0 amide bonds. The summed E-state index contributed by atoms with van der Waals surface area (Å²) in [5.74, 6) is 0.845. The molecule has 0 spiro atoms. The summed E-state index contributed by atoms with van der Waals surface area (Å²) in [5, 5.41) is 4.94. The molecule has 2 nitrogen and oxygen atoms in total. The second kappa shape index (κ2) is 6.78. The Morgan fingerprint density at radius 1 is 1.22 bits per heavy atom. The molecular formula is C14H15ClN2S. The molecule has 0 aliphatic carbocycles. The Morgan fingerprint density at radius 2 is 2.06 bits per heavy atom. The van der Waals surface area contributed by atoms with E-state index in [1.807, 2.05) is 43.6 Å². The van der Waals surface area contributed by atoms with Gasteiger partial charge in [-0.15, -0.1) is 11.8 Å². The Labute approximate surface area is 117 Å². The minimum absolute atomic E-state index is 0.816. The van der Waals surface area contributed by atoms with Crippen LogP contribution in [0.4, 0.5) is 0 Å². The number of nitrogens with zero attached hydrogens (tertiary/aromatic N) is 1. The van der Waals surface area contributed by atoms with Crippen LogP contribution >= 0.6 is 23.4 Å². The molecule has 1 aromatic carbocycles. The van der Waals surface area contributed by atoms with Crippen molar-refractivity contribution in [1.82, 2.24) is 10.3 Å². The predicted molar refractivity (Wildman–Crippen MR) is 78.0 cm³/mol. The van der Waals surface area contributed by atoms with Crippen molar-refractivity contribution in [2.45, 2.75) is 17.3 Å². The summed E-state index contributed by atoms with van der Waals surface area (Å²) in [6.45, 7) is 0.850. The maximum absolute atomic E-state index is 6.11. The average Bonchev–Trinajstić information content (AvgIpc) is 2.40. The molecule has 1 heterocycles. The van der Waals surface area contributed by atoms with Crippen molar-refractivity contribution < 1.29 is 0 Å². The number of rotatable bonds is 5. The van der Waals surface area contributed by atoms with Crippen LogP contribution in [-0.4, -0.2) is 12.0 Å². The zero-order valence-electron chi connectivity index (χ0n) is 10.2. The van der Waals surface area contributed by atoms with Crippen molar-refractivity contribution in [3.8, 4) is 0 Å². The second-order valence-corrected chi connectivity index (χ2v) is 5.32. The van der Waals surface area contributed by atoms with E-state index in [2.05, 4.69) is 16.4 Å². The molecule has 2 rings (SSSR count). The molecule has 18 heavy (non-hydrogen) atoms. The fraction of sp³-hybridized carbons (Fsp3) is 0.214. The van der Waals surface area contributed by atoms with Gasteiger partial charge in [-0.05, 0) is 30.3 Å². The van der Waals surface area contributed by atoms with E-state index in [4.69, 9.17) is 11.6 Å². The summed E-state index contributed by atoms with van der Waals surface area (Å²) in [6, 6.07) is 12.1. The van der Waals surface area contributed by atoms with E-state index in [0.29, 0.717) is 0 Å². The summed E-state index contributed by atoms with van der Waals surface area (Å²) >= 11 is 7.81. The van der Waals surface area contributed by atoms with E-state index in [9.17, 15) is 0 Å². The normalized spacial score (nSPS) is 10.6. The molecule has 0 unspecified atom stereocenters. The number of nitrogens with one attached hydrogen (secondary N) is 1. The van der Waals surface area contributed by atoms with E-state index < -0.39 is 0 Å². The van der Waals surface area contributed by atoms with Crippen molar-refractivity contribution in [3.05, 3.63) is 58.7 Å². The Kier molecular flexibility index (Phi) is 5.05. The zero-order chi connectivity index (χ0) is 12.8. The summed E-state index contributed by atoms with van der Waals surface area (Å²) in [4.78, 5) is 4.42. The minimum atomic E-state index is 0.816. The van der Waals surface area contributed by atoms with Gasteiger partial charge in [0.15, 0.2) is 0 Å². The summed E-state index contributed by atoms with van der Waals surface area (Å²) in [5.41, 5.74) is 2.34. The number of aromatic nitrogens is 1. The highest BCUT2D eigenvalue weighted by atomic mass is 35.5. The fourth-order valence-corrected chi connectivity index (χ4v) is 2.70. The number of halogens is 1. The SMILES string of the molecule is CNCc1ccc(SCc2ccccc2Cl)nc1. The topological polar surface area (TPSA) is 24.9 Å². The molecule has 1 N–H and O–H groups in total. The van der Waals surface area contributed by atoms with Gasteiger partial charge in [0.05, 0.1) is 5.03 Å². The molecule has 0 radical (unpaired) electrons. The molecular weight excluding hydrogens is 264 g/mol. The molecule has 4 heteroatoms. The first-order chi connectivity index (χ1) is 8.79. The Hall–Kier alpha value is -1.03. The smallest absolute Gasteiger partial charge is 0.0963 e. The molecule has 0 saturated carbocycles. The van der Waals surface area contributed by atoms with Gasteiger partial charge in [0.1, 0.15) is 0 Å². The fourth-order valence-electron chi connectivity index (χ4n) is 1.57. The van der Waals surface area contributed by atoms with Crippen LogP contribution in [-0.2, 0) is 12.3 Å². The van der Waals surface area contributed by atoms with Crippen LogP contribution in [0, 0.1) is 0 Å². The number of thioether (sulfide) groups is 1. The van der Waals surface area contributed by atoms with Gasteiger partial charge in [-0.1, -0.05) is 35.9 Å². The summed E-state index contributed by atoms with van der Waals surface area (Å²) < 4.78 is 0. The third-order valence-corrected chi connectivity index (χ3v) is 3.87. The van der Waals surface area contributed by atoms with Crippen molar-refractivity contribution >= 4 is 23.4 Å². The molecule has 0 aliphatic rings. The maximum atomic E-state index is 6.11. The molecule has 1 aromatic heterocycles. The largest absolute Gasteiger partial charge is 0.316 e. The second-order valence-electron chi connectivity index (χ2n) is 3.92. The summed E-state index contributed by atoms with van der Waals surface area (Å²) in [7, 11) is 1.93. The third kappa shape index (κ3) is 3.73. The number of hydrogen-bond donors (Lipinski definition) is 1. The highest BCUT2D eigenvalue weighted by molar-refractivity contribution is 7.98. The Morgan fingerprint density at radius 3 is 2.72 bits per heavy atom. The molecule has 0 atom stereocenters. The van der Waals surface area contributed by atoms with E-state index in [0.717, 1.165) is 27.9 Å². The molecule has 94 valence electrons. The summed E-state index contributed by atoms with van der Waals surface area (Å²) in [6.07, 6.45) is 1.91. The minimum Gasteiger partial charge on any atom is -0.316 e. The van der Waals surface area contributed by atoms with Crippen LogP contribution in [0.25, 0.3) is 0 Å². The van der Waals surface area contributed by atoms with Gasteiger partial charge in [0.25, 0.3) is 0 Å². The van der Waals surface area contributed by atoms with Gasteiger partial charge in [0.2, 0.25) is 0 Å². The number of pyridine rings is 1. The molecule has 2 aromatic rings. The van der Waals surface area contributed by atoms with Crippen LogP contribution in [0.1, 0.15) is 11.1 Å².